The van der Waals surface area contributed by atoms with Crippen molar-refractivity contribution in [1.29, 1.82) is 0 Å². The molecule has 11 heteroatoms. The number of nitrogens with zero attached hydrogens (tertiary/aromatic N) is 5. The number of aromatic nitrogens is 1. The standard InChI is InChI=1S/C22H28IN5O3S2/c1-15-19(32-22(24-2)26(15)3)14-27-7-9-28(10-8-27)21(29)6-11-33(30,31)20-13-16-12-17(23)4-5-18(16)25-20/h4-5,12H,6-11,13-14H2,1-3H3. The van der Waals surface area contributed by atoms with Crippen LogP contribution in [-0.2, 0) is 34.6 Å². The van der Waals surface area contributed by atoms with Crippen molar-refractivity contribution in [3.05, 3.63) is 42.7 Å². The van der Waals surface area contributed by atoms with E-state index in [2.05, 4.69) is 49.0 Å². The molecule has 2 aliphatic rings. The Hall–Kier alpha value is -1.57. The van der Waals surface area contributed by atoms with Crippen molar-refractivity contribution < 1.29 is 13.2 Å². The molecule has 2 aliphatic heterocycles. The number of carbonyl (C=O) groups is 1. The van der Waals surface area contributed by atoms with Crippen LogP contribution in [0.25, 0.3) is 0 Å². The van der Waals surface area contributed by atoms with Crippen LogP contribution in [0.3, 0.4) is 0 Å². The molecule has 0 bridgehead atoms. The molecule has 1 aromatic carbocycles. The molecular formula is C22H28IN5O3S2. The highest BCUT2D eigenvalue weighted by molar-refractivity contribution is 14.1. The monoisotopic (exact) mass is 601 g/mol. The van der Waals surface area contributed by atoms with Crippen LogP contribution in [0.2, 0.25) is 0 Å². The number of carbonyl (C=O) groups excluding carboxylic acids is 1. The van der Waals surface area contributed by atoms with Gasteiger partial charge in [-0.05, 0) is 53.3 Å². The minimum atomic E-state index is -3.56. The van der Waals surface area contributed by atoms with E-state index in [1.54, 1.807) is 23.3 Å². The van der Waals surface area contributed by atoms with Gasteiger partial charge in [-0.15, -0.1) is 11.3 Å². The fraction of sp³-hybridized carbons (Fsp3) is 0.500. The molecular weight excluding hydrogens is 573 g/mol. The predicted molar refractivity (Wildman–Crippen MR) is 140 cm³/mol. The molecule has 1 saturated heterocycles. The number of hydrogen-bond donors (Lipinski definition) is 0. The van der Waals surface area contributed by atoms with Gasteiger partial charge in [-0.25, -0.2) is 13.4 Å². The molecule has 0 aliphatic carbocycles. The number of aliphatic imine (C=N–C) groups is 1. The maximum absolute atomic E-state index is 12.8. The number of fused-ring (bicyclic) bond motifs is 1. The van der Waals surface area contributed by atoms with Crippen molar-refractivity contribution >= 4 is 60.4 Å². The zero-order chi connectivity index (χ0) is 23.8. The van der Waals surface area contributed by atoms with E-state index in [4.69, 9.17) is 0 Å². The van der Waals surface area contributed by atoms with Crippen LogP contribution in [-0.4, -0.2) is 72.7 Å². The molecule has 1 aromatic heterocycles. The van der Waals surface area contributed by atoms with E-state index < -0.39 is 9.84 Å². The SMILES string of the molecule is CN=c1sc(CN2CCN(C(=O)CCS(=O)(=O)C3=Nc4ccc(I)cc4C3)CC2)c(C)n1C. The third-order valence-electron chi connectivity index (χ3n) is 6.26. The fourth-order valence-electron chi connectivity index (χ4n) is 4.10. The van der Waals surface area contributed by atoms with Gasteiger partial charge in [0.1, 0.15) is 5.04 Å². The van der Waals surface area contributed by atoms with Gasteiger partial charge in [-0.2, -0.15) is 0 Å². The molecule has 0 saturated carbocycles. The van der Waals surface area contributed by atoms with E-state index in [1.807, 2.05) is 25.2 Å². The van der Waals surface area contributed by atoms with Crippen molar-refractivity contribution in [2.45, 2.75) is 26.3 Å². The predicted octanol–water partition coefficient (Wildman–Crippen LogP) is 2.27. The van der Waals surface area contributed by atoms with Crippen molar-refractivity contribution in [2.75, 3.05) is 39.0 Å². The summed E-state index contributed by atoms with van der Waals surface area (Å²) in [6.07, 6.45) is 0.310. The summed E-state index contributed by atoms with van der Waals surface area (Å²) in [6.45, 7) is 5.73. The van der Waals surface area contributed by atoms with Crippen molar-refractivity contribution in [3.8, 4) is 0 Å². The highest BCUT2D eigenvalue weighted by Crippen LogP contribution is 2.30. The van der Waals surface area contributed by atoms with Gasteiger partial charge in [0.15, 0.2) is 14.6 Å². The smallest absolute Gasteiger partial charge is 0.223 e. The average molecular weight is 602 g/mol. The summed E-state index contributed by atoms with van der Waals surface area (Å²) in [6, 6.07) is 5.72. The third kappa shape index (κ3) is 5.41. The van der Waals surface area contributed by atoms with Crippen LogP contribution in [0.5, 0.6) is 0 Å². The normalized spacial score (nSPS) is 17.4. The topological polar surface area (TPSA) is 87.3 Å². The van der Waals surface area contributed by atoms with E-state index in [0.717, 1.165) is 33.6 Å². The third-order valence-corrected chi connectivity index (χ3v) is 9.94. The maximum atomic E-state index is 12.8. The highest BCUT2D eigenvalue weighted by Gasteiger charge is 2.28. The second-order valence-corrected chi connectivity index (χ2v) is 12.8. The molecule has 33 heavy (non-hydrogen) atoms. The first-order valence-electron chi connectivity index (χ1n) is 10.8. The largest absolute Gasteiger partial charge is 0.340 e. The second-order valence-electron chi connectivity index (χ2n) is 8.36. The molecule has 0 N–H and O–H groups in total. The molecule has 0 atom stereocenters. The number of piperazine rings is 1. The number of rotatable bonds is 5. The van der Waals surface area contributed by atoms with Crippen LogP contribution < -0.4 is 4.80 Å². The molecule has 0 unspecified atom stereocenters. The lowest BCUT2D eigenvalue weighted by atomic mass is 10.2. The molecule has 1 fully saturated rings. The minimum absolute atomic E-state index is 0.00351. The van der Waals surface area contributed by atoms with Gasteiger partial charge in [0.05, 0.1) is 11.4 Å². The zero-order valence-corrected chi connectivity index (χ0v) is 22.8. The summed E-state index contributed by atoms with van der Waals surface area (Å²) >= 11 is 3.91. The maximum Gasteiger partial charge on any atom is 0.223 e. The van der Waals surface area contributed by atoms with Crippen molar-refractivity contribution in [2.24, 2.45) is 17.0 Å². The van der Waals surface area contributed by atoms with E-state index in [1.165, 1.54) is 10.6 Å². The highest BCUT2D eigenvalue weighted by atomic mass is 127. The van der Waals surface area contributed by atoms with Crippen molar-refractivity contribution in [1.82, 2.24) is 14.4 Å². The first kappa shape index (κ1) is 24.6. The molecule has 0 radical (unpaired) electrons. The average Bonchev–Trinajstić information content (AvgIpc) is 3.34. The minimum Gasteiger partial charge on any atom is -0.340 e. The van der Waals surface area contributed by atoms with Gasteiger partial charge in [-0.1, -0.05) is 0 Å². The van der Waals surface area contributed by atoms with Gasteiger partial charge in [-0.3, -0.25) is 14.7 Å². The summed E-state index contributed by atoms with van der Waals surface area (Å²) < 4.78 is 28.7. The van der Waals surface area contributed by atoms with Crippen LogP contribution >= 0.6 is 33.9 Å². The van der Waals surface area contributed by atoms with Gasteiger partial charge in [0.25, 0.3) is 0 Å². The molecule has 3 heterocycles. The van der Waals surface area contributed by atoms with E-state index in [0.29, 0.717) is 25.2 Å². The number of halogens is 1. The second kappa shape index (κ2) is 9.96. The number of benzene rings is 1. The molecule has 1 amide bonds. The molecule has 178 valence electrons. The quantitative estimate of drug-likeness (QED) is 0.493. The summed E-state index contributed by atoms with van der Waals surface area (Å²) in [5.41, 5.74) is 2.86. The van der Waals surface area contributed by atoms with Crippen molar-refractivity contribution in [3.63, 3.8) is 0 Å². The molecule has 4 rings (SSSR count). The van der Waals surface area contributed by atoms with E-state index >= 15 is 0 Å². The summed E-state index contributed by atoms with van der Waals surface area (Å²) in [5, 5.41) is 0.176. The summed E-state index contributed by atoms with van der Waals surface area (Å²) in [4.78, 5) is 27.8. The Bertz CT molecular complexity index is 1270. The van der Waals surface area contributed by atoms with Crippen LogP contribution in [0.1, 0.15) is 22.6 Å². The Labute approximate surface area is 212 Å². The number of thiazole rings is 1. The van der Waals surface area contributed by atoms with E-state index in [9.17, 15) is 13.2 Å². The van der Waals surface area contributed by atoms with Crippen LogP contribution in [0, 0.1) is 10.5 Å². The summed E-state index contributed by atoms with van der Waals surface area (Å²) in [7, 11) is 0.276. The van der Waals surface area contributed by atoms with Gasteiger partial charge in [0, 0.05) is 73.8 Å². The van der Waals surface area contributed by atoms with E-state index in [-0.39, 0.29) is 23.1 Å². The van der Waals surface area contributed by atoms with Gasteiger partial charge in [0.2, 0.25) is 5.91 Å². The Balaban J connectivity index is 1.28. The zero-order valence-electron chi connectivity index (χ0n) is 19.0. The Morgan fingerprint density at radius 1 is 1.24 bits per heavy atom. The first-order chi connectivity index (χ1) is 15.7. The fourth-order valence-corrected chi connectivity index (χ4v) is 7.07. The molecule has 0 spiro atoms. The number of amides is 1. The van der Waals surface area contributed by atoms with Gasteiger partial charge >= 0.3 is 0 Å². The Morgan fingerprint density at radius 2 is 1.97 bits per heavy atom. The Morgan fingerprint density at radius 3 is 2.64 bits per heavy atom. The lowest BCUT2D eigenvalue weighted by molar-refractivity contribution is -0.132. The molecule has 2 aromatic rings. The Kier molecular flexibility index (Phi) is 7.41. The lowest BCUT2D eigenvalue weighted by Gasteiger charge is -2.34. The van der Waals surface area contributed by atoms with Crippen LogP contribution in [0.15, 0.2) is 28.2 Å². The lowest BCUT2D eigenvalue weighted by Crippen LogP contribution is -2.48. The summed E-state index contributed by atoms with van der Waals surface area (Å²) in [5.74, 6) is -0.292. The van der Waals surface area contributed by atoms with Gasteiger partial charge < -0.3 is 9.47 Å². The van der Waals surface area contributed by atoms with Crippen LogP contribution in [0.4, 0.5) is 5.69 Å². The first-order valence-corrected chi connectivity index (χ1v) is 14.4. The number of sulfone groups is 1. The number of hydrogen-bond acceptors (Lipinski definition) is 7. The molecule has 8 nitrogen and oxygen atoms in total.